The summed E-state index contributed by atoms with van der Waals surface area (Å²) in [5.41, 5.74) is 1.04. The molecule has 0 aliphatic heterocycles. The second kappa shape index (κ2) is 6.27. The van der Waals surface area contributed by atoms with Crippen molar-refractivity contribution < 1.29 is 4.39 Å². The van der Waals surface area contributed by atoms with Gasteiger partial charge in [0.25, 0.3) is 0 Å². The van der Waals surface area contributed by atoms with Crippen molar-refractivity contribution in [3.8, 4) is 0 Å². The molecule has 1 aromatic rings. The van der Waals surface area contributed by atoms with Gasteiger partial charge in [0.2, 0.25) is 0 Å². The molecule has 0 spiro atoms. The highest BCUT2D eigenvalue weighted by Gasteiger charge is 2.32. The van der Waals surface area contributed by atoms with Crippen molar-refractivity contribution in [2.75, 3.05) is 12.8 Å². The fraction of sp³-hybridized carbons (Fsp3) is 0.571. The van der Waals surface area contributed by atoms with Gasteiger partial charge in [-0.2, -0.15) is 11.8 Å². The SMILES string of the molecule is CSC1(CNCc2ccc(F)c(Cl)c2)CCCC1. The average molecular weight is 288 g/mol. The lowest BCUT2D eigenvalue weighted by atomic mass is 10.1. The molecule has 1 aliphatic rings. The number of halogens is 2. The van der Waals surface area contributed by atoms with Gasteiger partial charge in [-0.15, -0.1) is 0 Å². The van der Waals surface area contributed by atoms with E-state index in [0.29, 0.717) is 4.75 Å². The summed E-state index contributed by atoms with van der Waals surface area (Å²) in [5, 5.41) is 3.68. The standard InChI is InChI=1S/C14H19ClFNS/c1-18-14(6-2-3-7-14)10-17-9-11-4-5-13(16)12(15)8-11/h4-5,8,17H,2-3,6-7,9-10H2,1H3. The van der Waals surface area contributed by atoms with Gasteiger partial charge in [0, 0.05) is 17.8 Å². The minimum atomic E-state index is -0.350. The molecule has 0 heterocycles. The molecule has 100 valence electrons. The van der Waals surface area contributed by atoms with E-state index in [1.54, 1.807) is 12.1 Å². The third-order valence-corrected chi connectivity index (χ3v) is 5.42. The molecule has 0 radical (unpaired) electrons. The van der Waals surface area contributed by atoms with Crippen molar-refractivity contribution in [3.63, 3.8) is 0 Å². The van der Waals surface area contributed by atoms with Gasteiger partial charge in [-0.3, -0.25) is 0 Å². The Bertz CT molecular complexity index is 405. The van der Waals surface area contributed by atoms with Gasteiger partial charge < -0.3 is 5.32 Å². The van der Waals surface area contributed by atoms with E-state index in [-0.39, 0.29) is 10.8 Å². The van der Waals surface area contributed by atoms with Gasteiger partial charge in [-0.1, -0.05) is 30.5 Å². The van der Waals surface area contributed by atoms with Crippen LogP contribution in [0.3, 0.4) is 0 Å². The minimum absolute atomic E-state index is 0.203. The van der Waals surface area contributed by atoms with Gasteiger partial charge in [-0.05, 0) is 36.8 Å². The number of hydrogen-bond acceptors (Lipinski definition) is 2. The Morgan fingerprint density at radius 1 is 1.39 bits per heavy atom. The molecule has 2 rings (SSSR count). The normalized spacial score (nSPS) is 18.2. The first-order valence-electron chi connectivity index (χ1n) is 6.35. The Balaban J connectivity index is 1.86. The van der Waals surface area contributed by atoms with Crippen molar-refractivity contribution in [2.24, 2.45) is 0 Å². The molecular weight excluding hydrogens is 269 g/mol. The van der Waals surface area contributed by atoms with E-state index in [9.17, 15) is 4.39 Å². The summed E-state index contributed by atoms with van der Waals surface area (Å²) in [6.45, 7) is 1.77. The summed E-state index contributed by atoms with van der Waals surface area (Å²) in [4.78, 5) is 0. The monoisotopic (exact) mass is 287 g/mol. The first-order valence-corrected chi connectivity index (χ1v) is 7.95. The van der Waals surface area contributed by atoms with E-state index in [1.807, 2.05) is 11.8 Å². The van der Waals surface area contributed by atoms with Crippen molar-refractivity contribution in [1.29, 1.82) is 0 Å². The van der Waals surface area contributed by atoms with Gasteiger partial charge in [-0.25, -0.2) is 4.39 Å². The summed E-state index contributed by atoms with van der Waals surface area (Å²) in [5.74, 6) is -0.350. The quantitative estimate of drug-likeness (QED) is 0.869. The lowest BCUT2D eigenvalue weighted by Crippen LogP contribution is -2.34. The highest BCUT2D eigenvalue weighted by Crippen LogP contribution is 2.39. The first kappa shape index (κ1) is 14.2. The molecule has 0 saturated heterocycles. The van der Waals surface area contributed by atoms with Crippen LogP contribution < -0.4 is 5.32 Å². The number of hydrogen-bond donors (Lipinski definition) is 1. The largest absolute Gasteiger partial charge is 0.311 e. The maximum atomic E-state index is 13.0. The van der Waals surface area contributed by atoms with Crippen LogP contribution >= 0.6 is 23.4 Å². The van der Waals surface area contributed by atoms with Crippen LogP contribution in [0.5, 0.6) is 0 Å². The van der Waals surface area contributed by atoms with Gasteiger partial charge in [0.05, 0.1) is 5.02 Å². The lowest BCUT2D eigenvalue weighted by Gasteiger charge is -2.27. The van der Waals surface area contributed by atoms with Crippen molar-refractivity contribution in [2.45, 2.75) is 37.0 Å². The molecule has 4 heteroatoms. The van der Waals surface area contributed by atoms with Crippen molar-refractivity contribution in [3.05, 3.63) is 34.6 Å². The number of benzene rings is 1. The summed E-state index contributed by atoms with van der Waals surface area (Å²) in [7, 11) is 0. The van der Waals surface area contributed by atoms with Crippen LogP contribution in [-0.2, 0) is 6.54 Å². The molecule has 1 aromatic carbocycles. The number of nitrogens with one attached hydrogen (secondary N) is 1. The second-order valence-electron chi connectivity index (χ2n) is 4.95. The highest BCUT2D eigenvalue weighted by molar-refractivity contribution is 8.00. The molecule has 0 aromatic heterocycles. The second-order valence-corrected chi connectivity index (χ2v) is 6.63. The Labute approximate surface area is 117 Å². The third-order valence-electron chi connectivity index (χ3n) is 3.71. The molecule has 0 unspecified atom stereocenters. The fourth-order valence-electron chi connectivity index (χ4n) is 2.56. The molecule has 1 fully saturated rings. The van der Waals surface area contributed by atoms with E-state index in [2.05, 4.69) is 11.6 Å². The minimum Gasteiger partial charge on any atom is -0.311 e. The maximum absolute atomic E-state index is 13.0. The summed E-state index contributed by atoms with van der Waals surface area (Å²) >= 11 is 7.74. The fourth-order valence-corrected chi connectivity index (χ4v) is 3.70. The molecule has 0 atom stereocenters. The third kappa shape index (κ3) is 3.40. The Hall–Kier alpha value is -0.250. The zero-order valence-corrected chi connectivity index (χ0v) is 12.2. The highest BCUT2D eigenvalue weighted by atomic mass is 35.5. The van der Waals surface area contributed by atoms with Crippen LogP contribution in [0.25, 0.3) is 0 Å². The van der Waals surface area contributed by atoms with Crippen molar-refractivity contribution >= 4 is 23.4 Å². The van der Waals surface area contributed by atoms with Crippen LogP contribution in [0, 0.1) is 5.82 Å². The van der Waals surface area contributed by atoms with Crippen LogP contribution in [-0.4, -0.2) is 17.5 Å². The molecule has 18 heavy (non-hydrogen) atoms. The average Bonchev–Trinajstić information content (AvgIpc) is 2.83. The van der Waals surface area contributed by atoms with E-state index >= 15 is 0 Å². The molecule has 0 amide bonds. The summed E-state index contributed by atoms with van der Waals surface area (Å²) in [6, 6.07) is 4.91. The molecule has 1 aliphatic carbocycles. The number of thioether (sulfide) groups is 1. The molecule has 1 N–H and O–H groups in total. The van der Waals surface area contributed by atoms with Crippen LogP contribution in [0.15, 0.2) is 18.2 Å². The molecule has 0 bridgehead atoms. The molecular formula is C14H19ClFNS. The Kier molecular flexibility index (Phi) is 4.93. The molecule has 1 saturated carbocycles. The van der Waals surface area contributed by atoms with Gasteiger partial charge in [0.15, 0.2) is 0 Å². The Morgan fingerprint density at radius 3 is 2.72 bits per heavy atom. The zero-order chi connectivity index (χ0) is 13.0. The summed E-state index contributed by atoms with van der Waals surface area (Å²) < 4.78 is 13.4. The van der Waals surface area contributed by atoms with Crippen LogP contribution in [0.1, 0.15) is 31.2 Å². The van der Waals surface area contributed by atoms with E-state index < -0.39 is 0 Å². The van der Waals surface area contributed by atoms with Crippen LogP contribution in [0.4, 0.5) is 4.39 Å². The van der Waals surface area contributed by atoms with E-state index in [4.69, 9.17) is 11.6 Å². The van der Waals surface area contributed by atoms with E-state index in [0.717, 1.165) is 18.7 Å². The number of rotatable bonds is 5. The van der Waals surface area contributed by atoms with Gasteiger partial charge >= 0.3 is 0 Å². The Morgan fingerprint density at radius 2 is 2.11 bits per heavy atom. The van der Waals surface area contributed by atoms with Crippen LogP contribution in [0.2, 0.25) is 5.02 Å². The first-order chi connectivity index (χ1) is 8.65. The lowest BCUT2D eigenvalue weighted by molar-refractivity contribution is 0.533. The summed E-state index contributed by atoms with van der Waals surface area (Å²) in [6.07, 6.45) is 7.47. The van der Waals surface area contributed by atoms with Gasteiger partial charge in [0.1, 0.15) is 5.82 Å². The predicted octanol–water partition coefficient (Wildman–Crippen LogP) is 4.24. The smallest absolute Gasteiger partial charge is 0.141 e. The van der Waals surface area contributed by atoms with Crippen molar-refractivity contribution in [1.82, 2.24) is 5.32 Å². The zero-order valence-electron chi connectivity index (χ0n) is 10.6. The van der Waals surface area contributed by atoms with E-state index in [1.165, 1.54) is 31.7 Å². The maximum Gasteiger partial charge on any atom is 0.141 e. The topological polar surface area (TPSA) is 12.0 Å². The molecule has 1 nitrogen and oxygen atoms in total. The predicted molar refractivity (Wildman–Crippen MR) is 77.8 cm³/mol.